The predicted molar refractivity (Wildman–Crippen MR) is 70.9 cm³/mol. The average Bonchev–Trinajstić information content (AvgIpc) is 2.30. The van der Waals surface area contributed by atoms with Crippen molar-refractivity contribution in [2.75, 3.05) is 19.8 Å². The Morgan fingerprint density at radius 2 is 1.68 bits per heavy atom. The van der Waals surface area contributed by atoms with Gasteiger partial charge in [0.1, 0.15) is 19.0 Å². The van der Waals surface area contributed by atoms with Gasteiger partial charge in [0.15, 0.2) is 0 Å². The van der Waals surface area contributed by atoms with Crippen molar-refractivity contribution in [3.63, 3.8) is 0 Å². The lowest BCUT2D eigenvalue weighted by Crippen LogP contribution is -2.19. The normalized spacial score (nSPS) is 11.7. The Labute approximate surface area is 119 Å². The lowest BCUT2D eigenvalue weighted by molar-refractivity contribution is -0.175. The zero-order valence-corrected chi connectivity index (χ0v) is 12.4. The number of hydrogen-bond donors (Lipinski definition) is 0. The fourth-order valence-electron chi connectivity index (χ4n) is 1.74. The Balaban J connectivity index is 2.46. The van der Waals surface area contributed by atoms with Gasteiger partial charge in [-0.05, 0) is 30.5 Å². The highest BCUT2D eigenvalue weighted by Crippen LogP contribution is 2.25. The Morgan fingerprint density at radius 3 is 2.16 bits per heavy atom. The molecule has 0 aliphatic carbocycles. The molecular formula is C13H16BrF3O2. The van der Waals surface area contributed by atoms with Crippen LogP contribution in [0.3, 0.4) is 0 Å². The zero-order chi connectivity index (χ0) is 14.5. The number of aryl methyl sites for hydroxylation is 2. The maximum absolute atomic E-state index is 11.8. The van der Waals surface area contributed by atoms with Crippen molar-refractivity contribution < 1.29 is 22.6 Å². The number of hydrogen-bond acceptors (Lipinski definition) is 2. The molecule has 0 unspecified atom stereocenters. The van der Waals surface area contributed by atoms with Crippen LogP contribution < -0.4 is 4.74 Å². The van der Waals surface area contributed by atoms with E-state index >= 15 is 0 Å². The fraction of sp³-hybridized carbons (Fsp3) is 0.538. The van der Waals surface area contributed by atoms with Gasteiger partial charge in [-0.3, -0.25) is 0 Å². The third-order valence-corrected chi connectivity index (χ3v) is 3.06. The lowest BCUT2D eigenvalue weighted by Gasteiger charge is -2.14. The first-order chi connectivity index (χ1) is 8.83. The molecule has 0 atom stereocenters. The van der Waals surface area contributed by atoms with E-state index < -0.39 is 12.8 Å². The summed E-state index contributed by atoms with van der Waals surface area (Å²) in [4.78, 5) is 0. The highest BCUT2D eigenvalue weighted by atomic mass is 79.9. The van der Waals surface area contributed by atoms with Crippen LogP contribution in [0.15, 0.2) is 12.1 Å². The predicted octanol–water partition coefficient (Wildman–Crippen LogP) is 4.16. The first-order valence-electron chi connectivity index (χ1n) is 5.77. The number of halogens is 4. The van der Waals surface area contributed by atoms with Gasteiger partial charge in [-0.15, -0.1) is 0 Å². The minimum atomic E-state index is -4.29. The van der Waals surface area contributed by atoms with Crippen LogP contribution in [0.2, 0.25) is 0 Å². The summed E-state index contributed by atoms with van der Waals surface area (Å²) < 4.78 is 45.5. The van der Waals surface area contributed by atoms with Gasteiger partial charge in [-0.1, -0.05) is 28.1 Å². The molecule has 1 rings (SSSR count). The van der Waals surface area contributed by atoms with E-state index in [0.717, 1.165) is 22.0 Å². The number of benzene rings is 1. The van der Waals surface area contributed by atoms with Crippen molar-refractivity contribution in [3.8, 4) is 5.75 Å². The molecule has 0 spiro atoms. The summed E-state index contributed by atoms with van der Waals surface area (Å²) in [7, 11) is 0. The number of rotatable bonds is 6. The molecule has 0 bridgehead atoms. The van der Waals surface area contributed by atoms with Crippen molar-refractivity contribution >= 4 is 15.9 Å². The number of ether oxygens (including phenoxy) is 2. The molecule has 0 N–H and O–H groups in total. The Kier molecular flexibility index (Phi) is 6.13. The Hall–Kier alpha value is -0.750. The summed E-state index contributed by atoms with van der Waals surface area (Å²) >= 11 is 3.37. The van der Waals surface area contributed by atoms with E-state index in [4.69, 9.17) is 4.74 Å². The second kappa shape index (κ2) is 7.14. The van der Waals surface area contributed by atoms with Gasteiger partial charge in [0.05, 0.1) is 6.61 Å². The molecule has 6 heteroatoms. The second-order valence-electron chi connectivity index (χ2n) is 4.21. The maximum atomic E-state index is 11.8. The van der Waals surface area contributed by atoms with E-state index in [1.54, 1.807) is 0 Å². The van der Waals surface area contributed by atoms with Crippen LogP contribution in [0.1, 0.15) is 16.7 Å². The summed E-state index contributed by atoms with van der Waals surface area (Å²) in [5.74, 6) is 0.709. The van der Waals surface area contributed by atoms with Crippen LogP contribution in [0.5, 0.6) is 5.75 Å². The minimum Gasteiger partial charge on any atom is -0.491 e. The van der Waals surface area contributed by atoms with E-state index in [9.17, 15) is 13.2 Å². The van der Waals surface area contributed by atoms with E-state index in [-0.39, 0.29) is 13.2 Å². The molecule has 108 valence electrons. The summed E-state index contributed by atoms with van der Waals surface area (Å²) in [6.45, 7) is 2.59. The molecule has 0 aromatic heterocycles. The third kappa shape index (κ3) is 5.82. The van der Waals surface area contributed by atoms with Gasteiger partial charge in [-0.25, -0.2) is 0 Å². The summed E-state index contributed by atoms with van der Waals surface area (Å²) in [6, 6.07) is 3.96. The fourth-order valence-corrected chi connectivity index (χ4v) is 2.06. The molecule has 1 aromatic carbocycles. The molecule has 0 fully saturated rings. The van der Waals surface area contributed by atoms with Gasteiger partial charge in [0.2, 0.25) is 0 Å². The highest BCUT2D eigenvalue weighted by molar-refractivity contribution is 9.08. The van der Waals surface area contributed by atoms with Crippen LogP contribution in [-0.2, 0) is 10.1 Å². The standard InChI is InChI=1S/C13H16BrF3O2/c1-9-5-11(7-14)6-10(2)12(9)19-4-3-18-8-13(15,16)17/h5-6H,3-4,7-8H2,1-2H3. The smallest absolute Gasteiger partial charge is 0.411 e. The summed E-state index contributed by atoms with van der Waals surface area (Å²) in [6.07, 6.45) is -4.29. The molecule has 0 heterocycles. The van der Waals surface area contributed by atoms with Crippen molar-refractivity contribution in [1.82, 2.24) is 0 Å². The zero-order valence-electron chi connectivity index (χ0n) is 10.8. The van der Waals surface area contributed by atoms with E-state index in [2.05, 4.69) is 20.7 Å². The maximum Gasteiger partial charge on any atom is 0.411 e. The van der Waals surface area contributed by atoms with E-state index in [1.807, 2.05) is 26.0 Å². The van der Waals surface area contributed by atoms with Crippen LogP contribution in [0.4, 0.5) is 13.2 Å². The minimum absolute atomic E-state index is 0.0847. The molecule has 0 aliphatic rings. The first-order valence-corrected chi connectivity index (χ1v) is 6.89. The molecule has 0 radical (unpaired) electrons. The van der Waals surface area contributed by atoms with Crippen LogP contribution in [0.25, 0.3) is 0 Å². The molecule has 0 aliphatic heterocycles. The molecule has 1 aromatic rings. The van der Waals surface area contributed by atoms with Gasteiger partial charge in [-0.2, -0.15) is 13.2 Å². The first kappa shape index (κ1) is 16.3. The quantitative estimate of drug-likeness (QED) is 0.572. The summed E-state index contributed by atoms with van der Waals surface area (Å²) in [5.41, 5.74) is 3.06. The van der Waals surface area contributed by atoms with E-state index in [0.29, 0.717) is 5.75 Å². The van der Waals surface area contributed by atoms with Crippen molar-refractivity contribution in [1.29, 1.82) is 0 Å². The molecular weight excluding hydrogens is 325 g/mol. The Bertz CT molecular complexity index is 396. The molecule has 2 nitrogen and oxygen atoms in total. The van der Waals surface area contributed by atoms with Gasteiger partial charge in [0.25, 0.3) is 0 Å². The highest BCUT2D eigenvalue weighted by Gasteiger charge is 2.27. The van der Waals surface area contributed by atoms with Gasteiger partial charge in [0, 0.05) is 5.33 Å². The van der Waals surface area contributed by atoms with Gasteiger partial charge < -0.3 is 9.47 Å². The molecule has 0 saturated heterocycles. The largest absolute Gasteiger partial charge is 0.491 e. The van der Waals surface area contributed by atoms with E-state index in [1.165, 1.54) is 0 Å². The molecule has 0 saturated carbocycles. The Morgan fingerprint density at radius 1 is 1.11 bits per heavy atom. The lowest BCUT2D eigenvalue weighted by atomic mass is 10.1. The molecule has 19 heavy (non-hydrogen) atoms. The second-order valence-corrected chi connectivity index (χ2v) is 4.77. The SMILES string of the molecule is Cc1cc(CBr)cc(C)c1OCCOCC(F)(F)F. The monoisotopic (exact) mass is 340 g/mol. The van der Waals surface area contributed by atoms with Crippen molar-refractivity contribution in [2.45, 2.75) is 25.4 Å². The van der Waals surface area contributed by atoms with Gasteiger partial charge >= 0.3 is 6.18 Å². The third-order valence-electron chi connectivity index (χ3n) is 2.41. The average molecular weight is 341 g/mol. The number of alkyl halides is 4. The summed E-state index contributed by atoms with van der Waals surface area (Å²) in [5, 5.41) is 0.754. The van der Waals surface area contributed by atoms with Crippen LogP contribution in [0, 0.1) is 13.8 Å². The van der Waals surface area contributed by atoms with Crippen molar-refractivity contribution in [2.24, 2.45) is 0 Å². The van der Waals surface area contributed by atoms with Crippen LogP contribution >= 0.6 is 15.9 Å². The molecule has 0 amide bonds. The van der Waals surface area contributed by atoms with Crippen LogP contribution in [-0.4, -0.2) is 26.0 Å². The van der Waals surface area contributed by atoms with Crippen molar-refractivity contribution in [3.05, 3.63) is 28.8 Å². The topological polar surface area (TPSA) is 18.5 Å².